The van der Waals surface area contributed by atoms with Gasteiger partial charge in [-0.2, -0.15) is 0 Å². The second-order valence-electron chi connectivity index (χ2n) is 5.19. The Balaban J connectivity index is 1.94. The molecule has 0 aromatic heterocycles. The Labute approximate surface area is 125 Å². The zero-order valence-corrected chi connectivity index (χ0v) is 12.3. The fourth-order valence-corrected chi connectivity index (χ4v) is 2.36. The lowest BCUT2D eigenvalue weighted by Gasteiger charge is -2.22. The predicted molar refractivity (Wildman–Crippen MR) is 81.1 cm³/mol. The molecule has 2 N–H and O–H groups in total. The van der Waals surface area contributed by atoms with Crippen molar-refractivity contribution in [1.82, 2.24) is 5.32 Å². The molecule has 1 aromatic rings. The van der Waals surface area contributed by atoms with Crippen LogP contribution in [-0.4, -0.2) is 36.9 Å². The molecule has 4 heteroatoms. The molecule has 1 saturated heterocycles. The second kappa shape index (κ2) is 7.82. The van der Waals surface area contributed by atoms with Crippen LogP contribution in [0.25, 0.3) is 0 Å². The van der Waals surface area contributed by atoms with Crippen LogP contribution in [-0.2, 0) is 4.74 Å². The van der Waals surface area contributed by atoms with Crippen LogP contribution in [0.1, 0.15) is 40.7 Å². The molecular formula is C17H21NO3. The zero-order chi connectivity index (χ0) is 15.1. The summed E-state index contributed by atoms with van der Waals surface area (Å²) in [6.45, 7) is 3.09. The highest BCUT2D eigenvalue weighted by Gasteiger charge is 2.15. The maximum absolute atomic E-state index is 12.1. The molecular weight excluding hydrogens is 266 g/mol. The summed E-state index contributed by atoms with van der Waals surface area (Å²) in [6.07, 6.45) is 3.42. The number of ether oxygens (including phenoxy) is 1. The van der Waals surface area contributed by atoms with E-state index in [0.29, 0.717) is 12.1 Å². The van der Waals surface area contributed by atoms with E-state index in [4.69, 9.17) is 9.84 Å². The summed E-state index contributed by atoms with van der Waals surface area (Å²) in [5.41, 5.74) is 2.38. The highest BCUT2D eigenvalue weighted by Crippen LogP contribution is 2.13. The number of hydrogen-bond acceptors (Lipinski definition) is 3. The molecule has 0 saturated carbocycles. The Kier molecular flexibility index (Phi) is 5.79. The van der Waals surface area contributed by atoms with Crippen LogP contribution in [0.5, 0.6) is 0 Å². The number of amides is 1. The molecule has 1 atom stereocenters. The molecule has 2 rings (SSSR count). The Morgan fingerprint density at radius 2 is 2.33 bits per heavy atom. The van der Waals surface area contributed by atoms with Crippen LogP contribution in [0.4, 0.5) is 0 Å². The Morgan fingerprint density at radius 3 is 3.00 bits per heavy atom. The van der Waals surface area contributed by atoms with Gasteiger partial charge in [0.05, 0.1) is 6.10 Å². The van der Waals surface area contributed by atoms with Crippen molar-refractivity contribution >= 4 is 5.91 Å². The lowest BCUT2D eigenvalue weighted by atomic mass is 10.0. The molecule has 1 fully saturated rings. The van der Waals surface area contributed by atoms with Gasteiger partial charge in [0.1, 0.15) is 6.61 Å². The summed E-state index contributed by atoms with van der Waals surface area (Å²) >= 11 is 0. The van der Waals surface area contributed by atoms with E-state index in [1.165, 1.54) is 0 Å². The number of carbonyl (C=O) groups is 1. The van der Waals surface area contributed by atoms with Crippen LogP contribution >= 0.6 is 0 Å². The average Bonchev–Trinajstić information content (AvgIpc) is 2.52. The predicted octanol–water partition coefficient (Wildman–Crippen LogP) is 1.64. The number of nitrogens with one attached hydrogen (secondary N) is 1. The molecule has 0 bridgehead atoms. The standard InChI is InChI=1S/C17H21NO3/c1-13-11-15(8-7-14(13)5-4-9-19)17(20)18-12-16-6-2-3-10-21-16/h7-8,11,16,19H,2-3,6,9-10,12H2,1H3,(H,18,20). The Morgan fingerprint density at radius 1 is 1.48 bits per heavy atom. The number of rotatable bonds is 3. The summed E-state index contributed by atoms with van der Waals surface area (Å²) in [5, 5.41) is 11.6. The van der Waals surface area contributed by atoms with Crippen molar-refractivity contribution in [3.8, 4) is 11.8 Å². The lowest BCUT2D eigenvalue weighted by molar-refractivity contribution is 0.0169. The van der Waals surface area contributed by atoms with Crippen LogP contribution < -0.4 is 5.32 Å². The maximum Gasteiger partial charge on any atom is 0.251 e. The van der Waals surface area contributed by atoms with E-state index >= 15 is 0 Å². The second-order valence-corrected chi connectivity index (χ2v) is 5.19. The molecule has 21 heavy (non-hydrogen) atoms. The first kappa shape index (κ1) is 15.6. The van der Waals surface area contributed by atoms with Gasteiger partial charge in [0, 0.05) is 24.3 Å². The molecule has 1 unspecified atom stereocenters. The van der Waals surface area contributed by atoms with Crippen molar-refractivity contribution in [2.45, 2.75) is 32.3 Å². The Bertz CT molecular complexity index is 551. The minimum atomic E-state index is -0.164. The van der Waals surface area contributed by atoms with Crippen LogP contribution in [0.15, 0.2) is 18.2 Å². The van der Waals surface area contributed by atoms with Gasteiger partial charge < -0.3 is 15.2 Å². The Hall–Kier alpha value is -1.83. The molecule has 0 radical (unpaired) electrons. The van der Waals surface area contributed by atoms with E-state index in [1.54, 1.807) is 6.07 Å². The average molecular weight is 287 g/mol. The van der Waals surface area contributed by atoms with E-state index in [0.717, 1.165) is 37.0 Å². The first-order chi connectivity index (χ1) is 10.2. The summed E-state index contributed by atoms with van der Waals surface area (Å²) in [5.74, 6) is 5.38. The minimum absolute atomic E-state index is 0.0889. The zero-order valence-electron chi connectivity index (χ0n) is 12.3. The molecule has 1 aromatic carbocycles. The van der Waals surface area contributed by atoms with Crippen molar-refractivity contribution in [1.29, 1.82) is 0 Å². The van der Waals surface area contributed by atoms with Crippen LogP contribution in [0, 0.1) is 18.8 Å². The quantitative estimate of drug-likeness (QED) is 0.831. The van der Waals surface area contributed by atoms with Gasteiger partial charge in [-0.1, -0.05) is 11.8 Å². The first-order valence-corrected chi connectivity index (χ1v) is 7.31. The van der Waals surface area contributed by atoms with Crippen LogP contribution in [0.2, 0.25) is 0 Å². The van der Waals surface area contributed by atoms with Gasteiger partial charge in [-0.3, -0.25) is 4.79 Å². The minimum Gasteiger partial charge on any atom is -0.384 e. The van der Waals surface area contributed by atoms with Gasteiger partial charge in [-0.15, -0.1) is 0 Å². The number of aryl methyl sites for hydroxylation is 1. The lowest BCUT2D eigenvalue weighted by Crippen LogP contribution is -2.35. The van der Waals surface area contributed by atoms with Gasteiger partial charge in [-0.05, 0) is 49.9 Å². The smallest absolute Gasteiger partial charge is 0.251 e. The number of aliphatic hydroxyl groups is 1. The third-order valence-corrected chi connectivity index (χ3v) is 3.55. The first-order valence-electron chi connectivity index (χ1n) is 7.31. The van der Waals surface area contributed by atoms with Gasteiger partial charge in [0.15, 0.2) is 0 Å². The fourth-order valence-electron chi connectivity index (χ4n) is 2.36. The van der Waals surface area contributed by atoms with Crippen molar-refractivity contribution in [2.75, 3.05) is 19.8 Å². The number of aliphatic hydroxyl groups excluding tert-OH is 1. The third-order valence-electron chi connectivity index (χ3n) is 3.55. The molecule has 1 amide bonds. The summed E-state index contributed by atoms with van der Waals surface area (Å²) < 4.78 is 5.59. The number of carbonyl (C=O) groups excluding carboxylic acids is 1. The van der Waals surface area contributed by atoms with E-state index in [1.807, 2.05) is 19.1 Å². The van der Waals surface area contributed by atoms with Crippen molar-refractivity contribution in [2.24, 2.45) is 0 Å². The number of benzene rings is 1. The van der Waals surface area contributed by atoms with E-state index in [9.17, 15) is 4.79 Å². The summed E-state index contributed by atoms with van der Waals surface area (Å²) in [7, 11) is 0. The highest BCUT2D eigenvalue weighted by molar-refractivity contribution is 5.94. The van der Waals surface area contributed by atoms with Gasteiger partial charge >= 0.3 is 0 Å². The monoisotopic (exact) mass is 287 g/mol. The fraction of sp³-hybridized carbons (Fsp3) is 0.471. The molecule has 112 valence electrons. The topological polar surface area (TPSA) is 58.6 Å². The molecule has 1 aliphatic heterocycles. The van der Waals surface area contributed by atoms with E-state index in [2.05, 4.69) is 17.2 Å². The van der Waals surface area contributed by atoms with Gasteiger partial charge in [0.25, 0.3) is 5.91 Å². The SMILES string of the molecule is Cc1cc(C(=O)NCC2CCCCO2)ccc1C#CCO. The summed E-state index contributed by atoms with van der Waals surface area (Å²) in [6, 6.07) is 5.38. The summed E-state index contributed by atoms with van der Waals surface area (Å²) in [4.78, 5) is 12.1. The van der Waals surface area contributed by atoms with Crippen molar-refractivity contribution < 1.29 is 14.6 Å². The van der Waals surface area contributed by atoms with Gasteiger partial charge in [0.2, 0.25) is 0 Å². The molecule has 1 aliphatic rings. The highest BCUT2D eigenvalue weighted by atomic mass is 16.5. The molecule has 0 spiro atoms. The van der Waals surface area contributed by atoms with Crippen LogP contribution in [0.3, 0.4) is 0 Å². The van der Waals surface area contributed by atoms with Crippen molar-refractivity contribution in [3.63, 3.8) is 0 Å². The molecule has 0 aliphatic carbocycles. The number of hydrogen-bond donors (Lipinski definition) is 2. The third kappa shape index (κ3) is 4.59. The van der Waals surface area contributed by atoms with Gasteiger partial charge in [-0.25, -0.2) is 0 Å². The maximum atomic E-state index is 12.1. The normalized spacial score (nSPS) is 17.7. The van der Waals surface area contributed by atoms with Crippen molar-refractivity contribution in [3.05, 3.63) is 34.9 Å². The largest absolute Gasteiger partial charge is 0.384 e. The molecule has 4 nitrogen and oxygen atoms in total. The molecule has 1 heterocycles. The van der Waals surface area contributed by atoms with E-state index < -0.39 is 0 Å². The van der Waals surface area contributed by atoms with E-state index in [-0.39, 0.29) is 18.6 Å².